The molecule has 2 rings (SSSR count). The average molecular weight is 248 g/mol. The highest BCUT2D eigenvalue weighted by Crippen LogP contribution is 2.17. The summed E-state index contributed by atoms with van der Waals surface area (Å²) in [6, 6.07) is 4.93. The van der Waals surface area contributed by atoms with Crippen LogP contribution in [-0.4, -0.2) is 26.7 Å². The van der Waals surface area contributed by atoms with Gasteiger partial charge in [-0.25, -0.2) is 9.78 Å². The molecule has 5 heteroatoms. The third kappa shape index (κ3) is 2.36. The highest BCUT2D eigenvalue weighted by Gasteiger charge is 2.11. The van der Waals surface area contributed by atoms with E-state index in [0.717, 1.165) is 11.3 Å². The van der Waals surface area contributed by atoms with Gasteiger partial charge in [0.25, 0.3) is 0 Å². The van der Waals surface area contributed by atoms with E-state index in [9.17, 15) is 4.79 Å². The predicted molar refractivity (Wildman–Crippen MR) is 67.6 cm³/mol. The fourth-order valence-electron chi connectivity index (χ4n) is 1.75. The Hall–Kier alpha value is -1.88. The molecule has 0 saturated carbocycles. The summed E-state index contributed by atoms with van der Waals surface area (Å²) < 4.78 is 7.44. The molecule has 0 unspecified atom stereocenters. The van der Waals surface area contributed by atoms with Crippen molar-refractivity contribution in [3.8, 4) is 0 Å². The first-order chi connectivity index (χ1) is 8.49. The number of fused-ring (bicyclic) bond motifs is 1. The second-order valence-electron chi connectivity index (χ2n) is 4.46. The van der Waals surface area contributed by atoms with E-state index in [1.165, 1.54) is 0 Å². The van der Waals surface area contributed by atoms with Crippen LogP contribution >= 0.6 is 0 Å². The van der Waals surface area contributed by atoms with E-state index in [1.54, 1.807) is 18.2 Å². The second-order valence-corrected chi connectivity index (χ2v) is 4.46. The number of rotatable bonds is 4. The number of aryl methyl sites for hydroxylation is 1. The molecule has 5 nitrogen and oxygen atoms in total. The first-order valence-electron chi connectivity index (χ1n) is 5.79. The van der Waals surface area contributed by atoms with Crippen LogP contribution in [0.4, 0.5) is 0 Å². The summed E-state index contributed by atoms with van der Waals surface area (Å²) in [6.07, 6.45) is 0.138. The average Bonchev–Trinajstić information content (AvgIpc) is 2.63. The largest absolute Gasteiger partial charge is 0.478 e. The number of carboxylic acid groups (broad SMARTS) is 1. The lowest BCUT2D eigenvalue weighted by Crippen LogP contribution is -2.06. The van der Waals surface area contributed by atoms with Gasteiger partial charge in [-0.15, -0.1) is 0 Å². The smallest absolute Gasteiger partial charge is 0.335 e. The molecule has 0 amide bonds. The minimum atomic E-state index is -0.942. The maximum Gasteiger partial charge on any atom is 0.335 e. The SMILES string of the molecule is CC(C)OCc1nc2cc(C(=O)O)ccc2n1C. The third-order valence-electron chi connectivity index (χ3n) is 2.77. The van der Waals surface area contributed by atoms with Gasteiger partial charge in [-0.3, -0.25) is 0 Å². The topological polar surface area (TPSA) is 64.3 Å². The minimum Gasteiger partial charge on any atom is -0.478 e. The Balaban J connectivity index is 2.39. The van der Waals surface area contributed by atoms with Crippen molar-refractivity contribution in [2.24, 2.45) is 7.05 Å². The Bertz CT molecular complexity index is 587. The van der Waals surface area contributed by atoms with Crippen LogP contribution < -0.4 is 0 Å². The summed E-state index contributed by atoms with van der Waals surface area (Å²) in [6.45, 7) is 4.35. The van der Waals surface area contributed by atoms with Gasteiger partial charge in [0.2, 0.25) is 0 Å². The Morgan fingerprint density at radius 2 is 2.22 bits per heavy atom. The number of carboxylic acids is 1. The van der Waals surface area contributed by atoms with Gasteiger partial charge in [-0.1, -0.05) is 0 Å². The molecule has 2 aromatic rings. The number of hydrogen-bond acceptors (Lipinski definition) is 3. The number of hydrogen-bond donors (Lipinski definition) is 1. The molecule has 0 aliphatic carbocycles. The van der Waals surface area contributed by atoms with Crippen LogP contribution in [0.25, 0.3) is 11.0 Å². The van der Waals surface area contributed by atoms with Gasteiger partial charge < -0.3 is 14.4 Å². The molecule has 96 valence electrons. The van der Waals surface area contributed by atoms with Gasteiger partial charge in [0.05, 0.1) is 22.7 Å². The van der Waals surface area contributed by atoms with Crippen molar-refractivity contribution in [3.05, 3.63) is 29.6 Å². The highest BCUT2D eigenvalue weighted by molar-refractivity contribution is 5.92. The lowest BCUT2D eigenvalue weighted by molar-refractivity contribution is 0.0602. The van der Waals surface area contributed by atoms with E-state index in [1.807, 2.05) is 25.5 Å². The normalized spacial score (nSPS) is 11.3. The zero-order valence-electron chi connectivity index (χ0n) is 10.7. The third-order valence-corrected chi connectivity index (χ3v) is 2.77. The second kappa shape index (κ2) is 4.78. The number of nitrogens with zero attached hydrogens (tertiary/aromatic N) is 2. The molecular weight excluding hydrogens is 232 g/mol. The van der Waals surface area contributed by atoms with E-state index < -0.39 is 5.97 Å². The van der Waals surface area contributed by atoms with E-state index >= 15 is 0 Å². The van der Waals surface area contributed by atoms with Crippen molar-refractivity contribution in [1.82, 2.24) is 9.55 Å². The molecule has 0 aliphatic heterocycles. The van der Waals surface area contributed by atoms with Crippen LogP contribution in [0.3, 0.4) is 0 Å². The molecule has 1 N–H and O–H groups in total. The number of ether oxygens (including phenoxy) is 1. The molecule has 1 aromatic carbocycles. The lowest BCUT2D eigenvalue weighted by Gasteiger charge is -2.06. The summed E-state index contributed by atoms with van der Waals surface area (Å²) in [4.78, 5) is 15.3. The molecule has 1 aromatic heterocycles. The highest BCUT2D eigenvalue weighted by atomic mass is 16.5. The minimum absolute atomic E-state index is 0.138. The standard InChI is InChI=1S/C13H16N2O3/c1-8(2)18-7-12-14-10-6-9(13(16)17)4-5-11(10)15(12)3/h4-6,8H,7H2,1-3H3,(H,16,17). The van der Waals surface area contributed by atoms with Gasteiger partial charge in [0.1, 0.15) is 12.4 Å². The summed E-state index contributed by atoms with van der Waals surface area (Å²) in [7, 11) is 1.90. The van der Waals surface area contributed by atoms with Gasteiger partial charge in [0, 0.05) is 7.05 Å². The Morgan fingerprint density at radius 1 is 1.50 bits per heavy atom. The molecule has 1 heterocycles. The number of benzene rings is 1. The van der Waals surface area contributed by atoms with Crippen LogP contribution in [0.15, 0.2) is 18.2 Å². The van der Waals surface area contributed by atoms with Gasteiger partial charge in [0.15, 0.2) is 0 Å². The zero-order valence-corrected chi connectivity index (χ0v) is 10.7. The molecule has 0 spiro atoms. The van der Waals surface area contributed by atoms with Crippen LogP contribution in [-0.2, 0) is 18.4 Å². The summed E-state index contributed by atoms with van der Waals surface area (Å²) in [5.41, 5.74) is 1.83. The van der Waals surface area contributed by atoms with Crippen LogP contribution in [0.5, 0.6) is 0 Å². The monoisotopic (exact) mass is 248 g/mol. The van der Waals surface area contributed by atoms with Gasteiger partial charge >= 0.3 is 5.97 Å². The molecule has 0 fully saturated rings. The molecule has 0 atom stereocenters. The zero-order chi connectivity index (χ0) is 13.3. The molecular formula is C13H16N2O3. The van der Waals surface area contributed by atoms with Crippen molar-refractivity contribution in [1.29, 1.82) is 0 Å². The first kappa shape index (κ1) is 12.6. The Labute approximate surface area is 105 Å². The van der Waals surface area contributed by atoms with Crippen molar-refractivity contribution in [3.63, 3.8) is 0 Å². The maximum absolute atomic E-state index is 10.9. The number of aromatic carboxylic acids is 1. The summed E-state index contributed by atoms with van der Waals surface area (Å²) >= 11 is 0. The van der Waals surface area contributed by atoms with E-state index in [2.05, 4.69) is 4.98 Å². The fraction of sp³-hybridized carbons (Fsp3) is 0.385. The maximum atomic E-state index is 10.9. The number of carbonyl (C=O) groups is 1. The van der Waals surface area contributed by atoms with Crippen molar-refractivity contribution < 1.29 is 14.6 Å². The Kier molecular flexibility index (Phi) is 3.34. The summed E-state index contributed by atoms with van der Waals surface area (Å²) in [5.74, 6) is -0.149. The number of aromatic nitrogens is 2. The molecule has 0 aliphatic rings. The Morgan fingerprint density at radius 3 is 2.83 bits per heavy atom. The van der Waals surface area contributed by atoms with E-state index in [-0.39, 0.29) is 11.7 Å². The summed E-state index contributed by atoms with van der Waals surface area (Å²) in [5, 5.41) is 8.94. The van der Waals surface area contributed by atoms with Gasteiger partial charge in [-0.2, -0.15) is 0 Å². The molecule has 0 saturated heterocycles. The van der Waals surface area contributed by atoms with Gasteiger partial charge in [-0.05, 0) is 32.0 Å². The van der Waals surface area contributed by atoms with Crippen molar-refractivity contribution in [2.75, 3.05) is 0 Å². The fourth-order valence-corrected chi connectivity index (χ4v) is 1.75. The van der Waals surface area contributed by atoms with Crippen molar-refractivity contribution in [2.45, 2.75) is 26.6 Å². The molecule has 18 heavy (non-hydrogen) atoms. The first-order valence-corrected chi connectivity index (χ1v) is 5.79. The molecule has 0 bridgehead atoms. The van der Waals surface area contributed by atoms with E-state index in [0.29, 0.717) is 12.1 Å². The lowest BCUT2D eigenvalue weighted by atomic mass is 10.2. The number of imidazole rings is 1. The quantitative estimate of drug-likeness (QED) is 0.900. The van der Waals surface area contributed by atoms with Crippen LogP contribution in [0.1, 0.15) is 30.0 Å². The van der Waals surface area contributed by atoms with Crippen LogP contribution in [0.2, 0.25) is 0 Å². The van der Waals surface area contributed by atoms with E-state index in [4.69, 9.17) is 9.84 Å². The van der Waals surface area contributed by atoms with Crippen LogP contribution in [0, 0.1) is 0 Å². The molecule has 0 radical (unpaired) electrons. The predicted octanol–water partition coefficient (Wildman–Crippen LogP) is 2.20. The van der Waals surface area contributed by atoms with Crippen molar-refractivity contribution >= 4 is 17.0 Å².